The Labute approximate surface area is 133 Å². The molecule has 0 radical (unpaired) electrons. The molecule has 6 heteroatoms. The fourth-order valence-electron chi connectivity index (χ4n) is 1.62. The summed E-state index contributed by atoms with van der Waals surface area (Å²) in [4.78, 5) is 12.0. The van der Waals surface area contributed by atoms with E-state index in [4.69, 9.17) is 14.2 Å². The smallest absolute Gasteiger partial charge is 0.251 e. The Bertz CT molecular complexity index is 451. The maximum atomic E-state index is 12.0. The molecule has 112 valence electrons. The summed E-state index contributed by atoms with van der Waals surface area (Å²) in [5, 5.41) is 2.78. The molecule has 20 heavy (non-hydrogen) atoms. The highest BCUT2D eigenvalue weighted by molar-refractivity contribution is 14.1. The molecule has 0 aliphatic heterocycles. The first kappa shape index (κ1) is 17.0. The van der Waals surface area contributed by atoms with Crippen LogP contribution in [0, 0.1) is 3.57 Å². The third-order valence-corrected chi connectivity index (χ3v) is 3.25. The van der Waals surface area contributed by atoms with Gasteiger partial charge in [0.1, 0.15) is 0 Å². The first-order valence-corrected chi connectivity index (χ1v) is 7.58. The molecule has 1 rings (SSSR count). The molecule has 1 aromatic carbocycles. The number of methoxy groups -OCH3 is 1. The maximum Gasteiger partial charge on any atom is 0.251 e. The Kier molecular flexibility index (Phi) is 7.68. The van der Waals surface area contributed by atoms with Crippen molar-refractivity contribution in [2.24, 2.45) is 0 Å². The molecule has 0 fully saturated rings. The van der Waals surface area contributed by atoms with E-state index in [1.807, 2.05) is 13.8 Å². The van der Waals surface area contributed by atoms with E-state index in [0.29, 0.717) is 43.4 Å². The molecule has 1 N–H and O–H groups in total. The van der Waals surface area contributed by atoms with Crippen molar-refractivity contribution in [2.45, 2.75) is 13.8 Å². The quantitative estimate of drug-likeness (QED) is 0.545. The topological polar surface area (TPSA) is 56.8 Å². The van der Waals surface area contributed by atoms with E-state index in [2.05, 4.69) is 27.9 Å². The zero-order valence-electron chi connectivity index (χ0n) is 12.0. The zero-order valence-corrected chi connectivity index (χ0v) is 14.2. The van der Waals surface area contributed by atoms with Crippen LogP contribution in [0.2, 0.25) is 0 Å². The van der Waals surface area contributed by atoms with E-state index >= 15 is 0 Å². The maximum absolute atomic E-state index is 12.0. The second kappa shape index (κ2) is 9.02. The lowest BCUT2D eigenvalue weighted by atomic mass is 10.2. The summed E-state index contributed by atoms with van der Waals surface area (Å²) in [6.45, 7) is 5.84. The number of carbonyl (C=O) groups is 1. The van der Waals surface area contributed by atoms with Crippen molar-refractivity contribution in [2.75, 3.05) is 33.5 Å². The van der Waals surface area contributed by atoms with Gasteiger partial charge in [0.05, 0.1) is 23.4 Å². The van der Waals surface area contributed by atoms with Crippen molar-refractivity contribution in [1.82, 2.24) is 5.32 Å². The summed E-state index contributed by atoms with van der Waals surface area (Å²) in [5.41, 5.74) is 0.553. The van der Waals surface area contributed by atoms with E-state index in [0.717, 1.165) is 3.57 Å². The molecule has 1 amide bonds. The van der Waals surface area contributed by atoms with Gasteiger partial charge in [-0.1, -0.05) is 0 Å². The molecule has 0 unspecified atom stereocenters. The minimum Gasteiger partial charge on any atom is -0.490 e. The summed E-state index contributed by atoms with van der Waals surface area (Å²) >= 11 is 2.14. The fraction of sp³-hybridized carbons (Fsp3) is 0.500. The summed E-state index contributed by atoms with van der Waals surface area (Å²) in [5.74, 6) is 1.13. The van der Waals surface area contributed by atoms with Gasteiger partial charge in [0, 0.05) is 19.2 Å². The third-order valence-electron chi connectivity index (χ3n) is 2.45. The monoisotopic (exact) mass is 393 g/mol. The van der Waals surface area contributed by atoms with Crippen LogP contribution in [0.4, 0.5) is 0 Å². The molecule has 0 saturated heterocycles. The molecule has 0 spiro atoms. The first-order valence-electron chi connectivity index (χ1n) is 6.50. The predicted molar refractivity (Wildman–Crippen MR) is 85.7 cm³/mol. The summed E-state index contributed by atoms with van der Waals surface area (Å²) < 4.78 is 16.9. The van der Waals surface area contributed by atoms with E-state index in [9.17, 15) is 4.79 Å². The van der Waals surface area contributed by atoms with Crippen molar-refractivity contribution in [3.8, 4) is 11.5 Å². The first-order chi connectivity index (χ1) is 9.63. The fourth-order valence-corrected chi connectivity index (χ4v) is 2.37. The van der Waals surface area contributed by atoms with Gasteiger partial charge >= 0.3 is 0 Å². The van der Waals surface area contributed by atoms with Crippen molar-refractivity contribution in [3.63, 3.8) is 0 Å². The van der Waals surface area contributed by atoms with Gasteiger partial charge in [-0.25, -0.2) is 0 Å². The van der Waals surface area contributed by atoms with Crippen LogP contribution < -0.4 is 14.8 Å². The number of nitrogens with one attached hydrogen (secondary N) is 1. The average Bonchev–Trinajstić information content (AvgIpc) is 2.42. The number of hydrogen-bond donors (Lipinski definition) is 1. The molecule has 0 heterocycles. The highest BCUT2D eigenvalue weighted by atomic mass is 127. The zero-order chi connectivity index (χ0) is 15.0. The molecule has 0 saturated carbocycles. The molecule has 0 bridgehead atoms. The van der Waals surface area contributed by atoms with E-state index < -0.39 is 0 Å². The number of halogens is 1. The second-order valence-electron chi connectivity index (χ2n) is 3.90. The minimum absolute atomic E-state index is 0.149. The van der Waals surface area contributed by atoms with Crippen molar-refractivity contribution < 1.29 is 19.0 Å². The van der Waals surface area contributed by atoms with Gasteiger partial charge in [0.2, 0.25) is 0 Å². The molecule has 0 atom stereocenters. The van der Waals surface area contributed by atoms with Crippen molar-refractivity contribution >= 4 is 28.5 Å². The Morgan fingerprint density at radius 1 is 1.25 bits per heavy atom. The normalized spacial score (nSPS) is 10.2. The average molecular weight is 393 g/mol. The van der Waals surface area contributed by atoms with Crippen LogP contribution >= 0.6 is 22.6 Å². The molecule has 0 aliphatic rings. The van der Waals surface area contributed by atoms with Crippen molar-refractivity contribution in [3.05, 3.63) is 21.3 Å². The van der Waals surface area contributed by atoms with Gasteiger partial charge in [-0.3, -0.25) is 4.79 Å². The van der Waals surface area contributed by atoms with Gasteiger partial charge in [-0.15, -0.1) is 0 Å². The van der Waals surface area contributed by atoms with Crippen LogP contribution in [0.3, 0.4) is 0 Å². The lowest BCUT2D eigenvalue weighted by molar-refractivity contribution is 0.0936. The second-order valence-corrected chi connectivity index (χ2v) is 5.06. The summed E-state index contributed by atoms with van der Waals surface area (Å²) in [6, 6.07) is 3.50. The standard InChI is InChI=1S/C14H20INO4/c1-4-19-12-9-10(14(17)16-6-7-18-3)8-11(15)13(12)20-5-2/h8-9H,4-7H2,1-3H3,(H,16,17). The largest absolute Gasteiger partial charge is 0.490 e. The Hall–Kier alpha value is -1.02. The van der Waals surface area contributed by atoms with Crippen LogP contribution in [0.25, 0.3) is 0 Å². The molecular weight excluding hydrogens is 373 g/mol. The minimum atomic E-state index is -0.149. The van der Waals surface area contributed by atoms with Crippen LogP contribution in [-0.2, 0) is 4.74 Å². The lowest BCUT2D eigenvalue weighted by Crippen LogP contribution is -2.27. The Balaban J connectivity index is 2.95. The Morgan fingerprint density at radius 2 is 1.95 bits per heavy atom. The SMILES string of the molecule is CCOc1cc(C(=O)NCCOC)cc(I)c1OCC. The molecule has 5 nitrogen and oxygen atoms in total. The van der Waals surface area contributed by atoms with Gasteiger partial charge < -0.3 is 19.5 Å². The number of amides is 1. The number of carbonyl (C=O) groups excluding carboxylic acids is 1. The van der Waals surface area contributed by atoms with E-state index in [1.54, 1.807) is 19.2 Å². The number of ether oxygens (including phenoxy) is 3. The van der Waals surface area contributed by atoms with Gasteiger partial charge in [-0.2, -0.15) is 0 Å². The van der Waals surface area contributed by atoms with Crippen molar-refractivity contribution in [1.29, 1.82) is 0 Å². The molecule has 1 aromatic rings. The number of benzene rings is 1. The van der Waals surface area contributed by atoms with E-state index in [1.165, 1.54) is 0 Å². The van der Waals surface area contributed by atoms with Gasteiger partial charge in [0.15, 0.2) is 11.5 Å². The molecule has 0 aliphatic carbocycles. The number of hydrogen-bond acceptors (Lipinski definition) is 4. The molecule has 0 aromatic heterocycles. The third kappa shape index (κ3) is 4.82. The summed E-state index contributed by atoms with van der Waals surface area (Å²) in [7, 11) is 1.60. The Morgan fingerprint density at radius 3 is 2.55 bits per heavy atom. The highest BCUT2D eigenvalue weighted by Crippen LogP contribution is 2.34. The predicted octanol–water partition coefficient (Wildman–Crippen LogP) is 2.46. The van der Waals surface area contributed by atoms with E-state index in [-0.39, 0.29) is 5.91 Å². The number of rotatable bonds is 8. The highest BCUT2D eigenvalue weighted by Gasteiger charge is 2.15. The van der Waals surface area contributed by atoms with Gasteiger partial charge in [0.25, 0.3) is 5.91 Å². The summed E-state index contributed by atoms with van der Waals surface area (Å²) in [6.07, 6.45) is 0. The van der Waals surface area contributed by atoms with Crippen LogP contribution in [0.5, 0.6) is 11.5 Å². The molecular formula is C14H20INO4. The lowest BCUT2D eigenvalue weighted by Gasteiger charge is -2.14. The van der Waals surface area contributed by atoms with Gasteiger partial charge in [-0.05, 0) is 48.6 Å². The van der Waals surface area contributed by atoms with Crippen LogP contribution in [0.15, 0.2) is 12.1 Å². The van der Waals surface area contributed by atoms with Crippen LogP contribution in [0.1, 0.15) is 24.2 Å². The van der Waals surface area contributed by atoms with Crippen LogP contribution in [-0.4, -0.2) is 39.4 Å².